The Bertz CT molecular complexity index is 279. The summed E-state index contributed by atoms with van der Waals surface area (Å²) in [6, 6.07) is -0.683. The molecule has 7 heteroatoms. The third kappa shape index (κ3) is 5.44. The van der Waals surface area contributed by atoms with Crippen LogP contribution in [0.1, 0.15) is 6.92 Å². The lowest BCUT2D eigenvalue weighted by Gasteiger charge is -2.24. The molecule has 0 spiro atoms. The number of methoxy groups -OCH3 is 1. The first-order chi connectivity index (χ1) is 8.63. The first kappa shape index (κ1) is 14.9. The van der Waals surface area contributed by atoms with Gasteiger partial charge >= 0.3 is 5.97 Å². The van der Waals surface area contributed by atoms with Gasteiger partial charge in [0.2, 0.25) is 5.91 Å². The van der Waals surface area contributed by atoms with Crippen molar-refractivity contribution < 1.29 is 23.8 Å². The quantitative estimate of drug-likeness (QED) is 0.575. The summed E-state index contributed by atoms with van der Waals surface area (Å²) >= 11 is 0. The third-order valence-corrected chi connectivity index (χ3v) is 2.47. The number of hydrogen-bond acceptors (Lipinski definition) is 6. The van der Waals surface area contributed by atoms with Crippen LogP contribution in [0.4, 0.5) is 0 Å². The van der Waals surface area contributed by atoms with Crippen molar-refractivity contribution in [3.63, 3.8) is 0 Å². The van der Waals surface area contributed by atoms with Gasteiger partial charge in [0.05, 0.1) is 33.0 Å². The number of hydrogen-bond donors (Lipinski definition) is 2. The van der Waals surface area contributed by atoms with Crippen molar-refractivity contribution in [2.75, 3.05) is 40.0 Å². The zero-order chi connectivity index (χ0) is 13.4. The van der Waals surface area contributed by atoms with Gasteiger partial charge < -0.3 is 24.8 Å². The SMILES string of the molecule is COC(=O)C(CNCC1COCCO1)NC(C)=O. The van der Waals surface area contributed by atoms with E-state index < -0.39 is 12.0 Å². The predicted octanol–water partition coefficient (Wildman–Crippen LogP) is -1.33. The van der Waals surface area contributed by atoms with Crippen molar-refractivity contribution >= 4 is 11.9 Å². The molecule has 1 fully saturated rings. The second kappa shape index (κ2) is 8.02. The molecule has 0 radical (unpaired) electrons. The Balaban J connectivity index is 2.27. The molecule has 1 amide bonds. The highest BCUT2D eigenvalue weighted by Crippen LogP contribution is 1.99. The van der Waals surface area contributed by atoms with E-state index in [4.69, 9.17) is 9.47 Å². The first-order valence-corrected chi connectivity index (χ1v) is 5.88. The molecule has 1 heterocycles. The smallest absolute Gasteiger partial charge is 0.329 e. The molecule has 1 aliphatic rings. The number of amides is 1. The van der Waals surface area contributed by atoms with E-state index in [9.17, 15) is 9.59 Å². The van der Waals surface area contributed by atoms with E-state index in [0.29, 0.717) is 32.9 Å². The molecule has 2 unspecified atom stereocenters. The van der Waals surface area contributed by atoms with Gasteiger partial charge in [-0.3, -0.25) is 4.79 Å². The van der Waals surface area contributed by atoms with Crippen molar-refractivity contribution in [1.29, 1.82) is 0 Å². The Hall–Kier alpha value is -1.18. The summed E-state index contributed by atoms with van der Waals surface area (Å²) < 4.78 is 15.3. The molecule has 0 aromatic rings. The fourth-order valence-corrected chi connectivity index (χ4v) is 1.62. The molecule has 1 rings (SSSR count). The van der Waals surface area contributed by atoms with E-state index in [2.05, 4.69) is 15.4 Å². The molecule has 2 N–H and O–H groups in total. The van der Waals surface area contributed by atoms with Crippen LogP contribution >= 0.6 is 0 Å². The Kier molecular flexibility index (Phi) is 6.63. The van der Waals surface area contributed by atoms with Crippen molar-refractivity contribution in [2.24, 2.45) is 0 Å². The van der Waals surface area contributed by atoms with Crippen molar-refractivity contribution in [3.8, 4) is 0 Å². The molecule has 0 saturated carbocycles. The molecule has 0 aromatic heterocycles. The minimum absolute atomic E-state index is 0.0191. The standard InChI is InChI=1S/C11H20N2O5/c1-8(14)13-10(11(15)16-2)6-12-5-9-7-17-3-4-18-9/h9-10,12H,3-7H2,1-2H3,(H,13,14). The number of esters is 1. The molecule has 2 atom stereocenters. The zero-order valence-corrected chi connectivity index (χ0v) is 10.7. The number of nitrogens with one attached hydrogen (secondary N) is 2. The van der Waals surface area contributed by atoms with Crippen LogP contribution in [0.2, 0.25) is 0 Å². The first-order valence-electron chi connectivity index (χ1n) is 5.88. The van der Waals surface area contributed by atoms with E-state index in [1.54, 1.807) is 0 Å². The lowest BCUT2D eigenvalue weighted by atomic mass is 10.2. The van der Waals surface area contributed by atoms with Crippen molar-refractivity contribution in [1.82, 2.24) is 10.6 Å². The molecular formula is C11H20N2O5. The lowest BCUT2D eigenvalue weighted by Crippen LogP contribution is -2.49. The molecule has 1 aliphatic heterocycles. The van der Waals surface area contributed by atoms with E-state index in [0.717, 1.165) is 0 Å². The molecule has 104 valence electrons. The number of ether oxygens (including phenoxy) is 3. The Labute approximate surface area is 106 Å². The molecule has 0 aromatic carbocycles. The van der Waals surface area contributed by atoms with Gasteiger partial charge in [-0.05, 0) is 0 Å². The van der Waals surface area contributed by atoms with Crippen LogP contribution in [0, 0.1) is 0 Å². The number of carbonyl (C=O) groups is 2. The van der Waals surface area contributed by atoms with E-state index in [1.165, 1.54) is 14.0 Å². The van der Waals surface area contributed by atoms with Crippen LogP contribution in [0.15, 0.2) is 0 Å². The van der Waals surface area contributed by atoms with Crippen molar-refractivity contribution in [3.05, 3.63) is 0 Å². The maximum absolute atomic E-state index is 11.4. The third-order valence-electron chi connectivity index (χ3n) is 2.47. The highest BCUT2D eigenvalue weighted by atomic mass is 16.6. The Morgan fingerprint density at radius 3 is 2.78 bits per heavy atom. The molecule has 0 bridgehead atoms. The zero-order valence-electron chi connectivity index (χ0n) is 10.7. The maximum atomic E-state index is 11.4. The van der Waals surface area contributed by atoms with Crippen LogP contribution in [0.5, 0.6) is 0 Å². The van der Waals surface area contributed by atoms with Gasteiger partial charge in [0.1, 0.15) is 6.04 Å². The second-order valence-electron chi connectivity index (χ2n) is 4.00. The Morgan fingerprint density at radius 1 is 1.44 bits per heavy atom. The summed E-state index contributed by atoms with van der Waals surface area (Å²) in [5.74, 6) is -0.747. The Morgan fingerprint density at radius 2 is 2.22 bits per heavy atom. The highest BCUT2D eigenvalue weighted by molar-refractivity contribution is 5.83. The summed E-state index contributed by atoms with van der Waals surface area (Å²) in [6.07, 6.45) is -0.0191. The van der Waals surface area contributed by atoms with Gasteiger partial charge in [-0.25, -0.2) is 4.79 Å². The molecule has 7 nitrogen and oxygen atoms in total. The second-order valence-corrected chi connectivity index (χ2v) is 4.00. The summed E-state index contributed by atoms with van der Waals surface area (Å²) in [7, 11) is 1.29. The molecule has 18 heavy (non-hydrogen) atoms. The minimum atomic E-state index is -0.683. The fraction of sp³-hybridized carbons (Fsp3) is 0.818. The van der Waals surface area contributed by atoms with Gasteiger partial charge in [0.15, 0.2) is 0 Å². The topological polar surface area (TPSA) is 85.9 Å². The van der Waals surface area contributed by atoms with Crippen LogP contribution in [0.25, 0.3) is 0 Å². The summed E-state index contributed by atoms with van der Waals surface area (Å²) in [5.41, 5.74) is 0. The fourth-order valence-electron chi connectivity index (χ4n) is 1.62. The van der Waals surface area contributed by atoms with Gasteiger partial charge in [-0.15, -0.1) is 0 Å². The highest BCUT2D eigenvalue weighted by Gasteiger charge is 2.21. The van der Waals surface area contributed by atoms with Gasteiger partial charge in [-0.2, -0.15) is 0 Å². The van der Waals surface area contributed by atoms with E-state index in [1.807, 2.05) is 0 Å². The molecule has 1 saturated heterocycles. The van der Waals surface area contributed by atoms with Crippen LogP contribution in [-0.2, 0) is 23.8 Å². The largest absolute Gasteiger partial charge is 0.467 e. The average Bonchev–Trinajstić information content (AvgIpc) is 2.37. The average molecular weight is 260 g/mol. The van der Waals surface area contributed by atoms with Crippen molar-refractivity contribution in [2.45, 2.75) is 19.1 Å². The normalized spacial score (nSPS) is 21.1. The maximum Gasteiger partial charge on any atom is 0.329 e. The van der Waals surface area contributed by atoms with Gasteiger partial charge in [0, 0.05) is 20.0 Å². The number of carbonyl (C=O) groups excluding carboxylic acids is 2. The van der Waals surface area contributed by atoms with E-state index >= 15 is 0 Å². The molecule has 0 aliphatic carbocycles. The summed E-state index contributed by atoms with van der Waals surface area (Å²) in [5, 5.41) is 5.58. The van der Waals surface area contributed by atoms with Gasteiger partial charge in [-0.1, -0.05) is 0 Å². The van der Waals surface area contributed by atoms with Crippen LogP contribution < -0.4 is 10.6 Å². The van der Waals surface area contributed by atoms with Gasteiger partial charge in [0.25, 0.3) is 0 Å². The minimum Gasteiger partial charge on any atom is -0.467 e. The monoisotopic (exact) mass is 260 g/mol. The number of rotatable bonds is 6. The van der Waals surface area contributed by atoms with Crippen LogP contribution in [-0.4, -0.2) is 64.0 Å². The predicted molar refractivity (Wildman–Crippen MR) is 63.0 cm³/mol. The van der Waals surface area contributed by atoms with Crippen LogP contribution in [0.3, 0.4) is 0 Å². The van der Waals surface area contributed by atoms with E-state index in [-0.39, 0.29) is 12.0 Å². The summed E-state index contributed by atoms with van der Waals surface area (Å²) in [6.45, 7) is 3.95. The lowest BCUT2D eigenvalue weighted by molar-refractivity contribution is -0.144. The summed E-state index contributed by atoms with van der Waals surface area (Å²) in [4.78, 5) is 22.3. The molecular weight excluding hydrogens is 240 g/mol.